The van der Waals surface area contributed by atoms with Crippen molar-refractivity contribution in [2.75, 3.05) is 32.4 Å². The predicted molar refractivity (Wildman–Crippen MR) is 126 cm³/mol. The van der Waals surface area contributed by atoms with Crippen molar-refractivity contribution in [2.24, 2.45) is 0 Å². The van der Waals surface area contributed by atoms with Gasteiger partial charge in [-0.15, -0.1) is 10.2 Å². The number of fused-ring (bicyclic) bond motifs is 3. The molecule has 1 N–H and O–H groups in total. The lowest BCUT2D eigenvalue weighted by Crippen LogP contribution is -2.15. The fourth-order valence-corrected chi connectivity index (χ4v) is 4.39. The summed E-state index contributed by atoms with van der Waals surface area (Å²) >= 11 is 7.47. The van der Waals surface area contributed by atoms with Crippen LogP contribution in [0.25, 0.3) is 16.6 Å². The number of aryl methyl sites for hydroxylation is 1. The van der Waals surface area contributed by atoms with Gasteiger partial charge in [-0.1, -0.05) is 23.4 Å². The number of halogens is 1. The number of nitrogens with zero attached hydrogens (tertiary/aromatic N) is 3. The van der Waals surface area contributed by atoms with Gasteiger partial charge in [-0.2, -0.15) is 0 Å². The number of nitrogens with one attached hydrogen (secondary N) is 1. The van der Waals surface area contributed by atoms with Crippen LogP contribution in [0.1, 0.15) is 5.56 Å². The molecular formula is C22H21ClN4O4S. The smallest absolute Gasteiger partial charge is 0.234 e. The lowest BCUT2D eigenvalue weighted by Gasteiger charge is -2.13. The third-order valence-corrected chi connectivity index (χ3v) is 6.18. The summed E-state index contributed by atoms with van der Waals surface area (Å²) in [5.41, 5.74) is 3.16. The molecule has 0 saturated carbocycles. The Bertz CT molecular complexity index is 1320. The van der Waals surface area contributed by atoms with E-state index in [9.17, 15) is 4.79 Å². The molecule has 2 aromatic carbocycles. The van der Waals surface area contributed by atoms with E-state index in [1.54, 1.807) is 19.2 Å². The minimum atomic E-state index is -0.236. The van der Waals surface area contributed by atoms with Crippen LogP contribution in [0.2, 0.25) is 5.02 Å². The Morgan fingerprint density at radius 3 is 2.56 bits per heavy atom. The Morgan fingerprint density at radius 1 is 1.06 bits per heavy atom. The molecule has 0 atom stereocenters. The summed E-state index contributed by atoms with van der Waals surface area (Å²) in [5.74, 6) is 1.53. The molecule has 0 aliphatic carbocycles. The number of hydrogen-bond donors (Lipinski definition) is 1. The second-order valence-electron chi connectivity index (χ2n) is 6.91. The quantitative estimate of drug-likeness (QED) is 0.393. The highest BCUT2D eigenvalue weighted by molar-refractivity contribution is 7.99. The molecule has 0 bridgehead atoms. The summed E-state index contributed by atoms with van der Waals surface area (Å²) in [5, 5.41) is 13.4. The first kappa shape index (κ1) is 22.0. The van der Waals surface area contributed by atoms with Gasteiger partial charge in [0.2, 0.25) is 5.91 Å². The van der Waals surface area contributed by atoms with Crippen LogP contribution in [0, 0.1) is 6.92 Å². The van der Waals surface area contributed by atoms with Crippen LogP contribution in [0.5, 0.6) is 17.2 Å². The molecule has 0 aliphatic rings. The Morgan fingerprint density at radius 2 is 1.84 bits per heavy atom. The number of methoxy groups -OCH3 is 3. The second-order valence-corrected chi connectivity index (χ2v) is 8.26. The van der Waals surface area contributed by atoms with Crippen LogP contribution >= 0.6 is 23.4 Å². The molecule has 0 radical (unpaired) electrons. The summed E-state index contributed by atoms with van der Waals surface area (Å²) < 4.78 is 17.8. The zero-order valence-electron chi connectivity index (χ0n) is 17.9. The fourth-order valence-electron chi connectivity index (χ4n) is 3.40. The molecule has 166 valence electrons. The van der Waals surface area contributed by atoms with E-state index < -0.39 is 0 Å². The fraction of sp³-hybridized carbons (Fsp3) is 0.227. The van der Waals surface area contributed by atoms with Gasteiger partial charge in [0.05, 0.1) is 43.3 Å². The normalized spacial score (nSPS) is 11.0. The van der Waals surface area contributed by atoms with Crippen molar-refractivity contribution in [2.45, 2.75) is 12.1 Å². The van der Waals surface area contributed by atoms with Crippen molar-refractivity contribution in [3.05, 3.63) is 47.0 Å². The Kier molecular flexibility index (Phi) is 6.29. The summed E-state index contributed by atoms with van der Waals surface area (Å²) in [6, 6.07) is 11.0. The van der Waals surface area contributed by atoms with Gasteiger partial charge >= 0.3 is 0 Å². The maximum absolute atomic E-state index is 12.7. The predicted octanol–water partition coefficient (Wildman–Crippen LogP) is 4.60. The Balaban J connectivity index is 1.59. The largest absolute Gasteiger partial charge is 0.497 e. The molecule has 4 aromatic rings. The maximum atomic E-state index is 12.7. The first-order valence-electron chi connectivity index (χ1n) is 9.61. The van der Waals surface area contributed by atoms with Crippen molar-refractivity contribution in [1.29, 1.82) is 0 Å². The number of benzene rings is 2. The first-order chi connectivity index (χ1) is 15.4. The van der Waals surface area contributed by atoms with Crippen LogP contribution in [0.15, 0.2) is 41.6 Å². The van der Waals surface area contributed by atoms with Gasteiger partial charge in [-0.3, -0.25) is 9.20 Å². The van der Waals surface area contributed by atoms with Crippen LogP contribution in [-0.2, 0) is 4.79 Å². The van der Waals surface area contributed by atoms with E-state index in [1.165, 1.54) is 26.0 Å². The van der Waals surface area contributed by atoms with Crippen LogP contribution in [0.4, 0.5) is 5.69 Å². The SMILES string of the molecule is COc1ccc2c(C)cc3nnc(SCC(=O)Nc4cc(Cl)c(OC)cc4OC)n3c2c1. The topological polar surface area (TPSA) is 87.0 Å². The number of pyridine rings is 1. The molecule has 32 heavy (non-hydrogen) atoms. The minimum Gasteiger partial charge on any atom is -0.497 e. The lowest BCUT2D eigenvalue weighted by atomic mass is 10.1. The van der Waals surface area contributed by atoms with E-state index in [4.69, 9.17) is 25.8 Å². The minimum absolute atomic E-state index is 0.118. The monoisotopic (exact) mass is 472 g/mol. The zero-order chi connectivity index (χ0) is 22.8. The summed E-state index contributed by atoms with van der Waals surface area (Å²) in [6.45, 7) is 2.02. The van der Waals surface area contributed by atoms with Gasteiger partial charge in [-0.25, -0.2) is 0 Å². The first-order valence-corrected chi connectivity index (χ1v) is 11.0. The number of carbonyl (C=O) groups is 1. The maximum Gasteiger partial charge on any atom is 0.234 e. The van der Waals surface area contributed by atoms with Gasteiger partial charge in [0.15, 0.2) is 10.8 Å². The summed E-state index contributed by atoms with van der Waals surface area (Å²) in [7, 11) is 4.65. The van der Waals surface area contributed by atoms with Crippen LogP contribution in [-0.4, -0.2) is 47.6 Å². The van der Waals surface area contributed by atoms with Crippen LogP contribution < -0.4 is 19.5 Å². The highest BCUT2D eigenvalue weighted by atomic mass is 35.5. The van der Waals surface area contributed by atoms with E-state index in [1.807, 2.05) is 35.6 Å². The molecule has 0 spiro atoms. The highest BCUT2D eigenvalue weighted by Gasteiger charge is 2.16. The number of aromatic nitrogens is 3. The highest BCUT2D eigenvalue weighted by Crippen LogP contribution is 2.36. The average molecular weight is 473 g/mol. The van der Waals surface area contributed by atoms with E-state index >= 15 is 0 Å². The number of hydrogen-bond acceptors (Lipinski definition) is 7. The number of carbonyl (C=O) groups excluding carboxylic acids is 1. The van der Waals surface area contributed by atoms with E-state index in [0.717, 1.165) is 22.2 Å². The molecule has 0 saturated heterocycles. The van der Waals surface area contributed by atoms with Crippen molar-refractivity contribution in [3.8, 4) is 17.2 Å². The zero-order valence-corrected chi connectivity index (χ0v) is 19.5. The third-order valence-electron chi connectivity index (χ3n) is 4.96. The van der Waals surface area contributed by atoms with Crippen molar-refractivity contribution < 1.29 is 19.0 Å². The Hall–Kier alpha value is -3.17. The van der Waals surface area contributed by atoms with Gasteiger partial charge < -0.3 is 19.5 Å². The van der Waals surface area contributed by atoms with Gasteiger partial charge in [0, 0.05) is 17.5 Å². The molecule has 8 nitrogen and oxygen atoms in total. The summed E-state index contributed by atoms with van der Waals surface area (Å²) in [6.07, 6.45) is 0. The number of anilines is 1. The molecule has 4 rings (SSSR count). The number of rotatable bonds is 7. The van der Waals surface area contributed by atoms with Crippen molar-refractivity contribution >= 4 is 51.5 Å². The molecule has 0 fully saturated rings. The third kappa shape index (κ3) is 4.13. The second kappa shape index (κ2) is 9.13. The number of thioether (sulfide) groups is 1. The number of amides is 1. The van der Waals surface area contributed by atoms with Crippen molar-refractivity contribution in [3.63, 3.8) is 0 Å². The molecule has 10 heteroatoms. The lowest BCUT2D eigenvalue weighted by molar-refractivity contribution is -0.113. The Labute approximate surface area is 193 Å². The molecular weight excluding hydrogens is 452 g/mol. The van der Waals surface area contributed by atoms with E-state index in [2.05, 4.69) is 15.5 Å². The van der Waals surface area contributed by atoms with Crippen molar-refractivity contribution in [1.82, 2.24) is 14.6 Å². The molecule has 1 amide bonds. The average Bonchev–Trinajstić information content (AvgIpc) is 3.20. The standard InChI is InChI=1S/C22H21ClN4O4S/c1-12-7-20-25-26-22(27(20)17-8-13(29-2)5-6-14(12)17)32-11-21(28)24-16-9-15(23)18(30-3)10-19(16)31-4/h5-10H,11H2,1-4H3,(H,24,28). The molecule has 0 unspecified atom stereocenters. The molecule has 0 aliphatic heterocycles. The van der Waals surface area contributed by atoms with Gasteiger partial charge in [0.25, 0.3) is 0 Å². The number of ether oxygens (including phenoxy) is 3. The van der Waals surface area contributed by atoms with Crippen LogP contribution in [0.3, 0.4) is 0 Å². The van der Waals surface area contributed by atoms with Gasteiger partial charge in [0.1, 0.15) is 17.2 Å². The summed E-state index contributed by atoms with van der Waals surface area (Å²) in [4.78, 5) is 12.7. The van der Waals surface area contributed by atoms with E-state index in [-0.39, 0.29) is 11.7 Å². The molecule has 2 heterocycles. The van der Waals surface area contributed by atoms with Gasteiger partial charge in [-0.05, 0) is 36.8 Å². The van der Waals surface area contributed by atoms with E-state index in [0.29, 0.717) is 33.0 Å². The molecule has 2 aromatic heterocycles.